The third-order valence-corrected chi connectivity index (χ3v) is 4.39. The van der Waals surface area contributed by atoms with Crippen LogP contribution in [0.3, 0.4) is 0 Å². The van der Waals surface area contributed by atoms with Gasteiger partial charge < -0.3 is 18.9 Å². The van der Waals surface area contributed by atoms with Crippen molar-refractivity contribution in [2.45, 2.75) is 13.5 Å². The van der Waals surface area contributed by atoms with E-state index in [1.807, 2.05) is 36.4 Å². The molecule has 27 heavy (non-hydrogen) atoms. The molecule has 2 aromatic carbocycles. The van der Waals surface area contributed by atoms with E-state index < -0.39 is 18.5 Å². The second kappa shape index (κ2) is 6.99. The van der Waals surface area contributed by atoms with Crippen molar-refractivity contribution in [3.8, 4) is 0 Å². The SMILES string of the molecule is Cc1c(C(=O)OCC(=O)NCc2ccco2)oc2c1ccc1ccccc12. The maximum absolute atomic E-state index is 12.4. The third-order valence-electron chi connectivity index (χ3n) is 4.39. The van der Waals surface area contributed by atoms with E-state index in [1.54, 1.807) is 19.1 Å². The van der Waals surface area contributed by atoms with E-state index in [9.17, 15) is 9.59 Å². The Labute approximate surface area is 154 Å². The molecule has 0 aliphatic heterocycles. The van der Waals surface area contributed by atoms with Gasteiger partial charge in [0.05, 0.1) is 12.8 Å². The smallest absolute Gasteiger partial charge is 0.375 e. The number of rotatable bonds is 5. The van der Waals surface area contributed by atoms with Gasteiger partial charge in [-0.3, -0.25) is 4.79 Å². The number of amides is 1. The first-order chi connectivity index (χ1) is 13.1. The van der Waals surface area contributed by atoms with Crippen molar-refractivity contribution >= 4 is 33.6 Å². The fraction of sp³-hybridized carbons (Fsp3) is 0.143. The molecule has 136 valence electrons. The molecular formula is C21H17NO5. The van der Waals surface area contributed by atoms with Crippen LogP contribution in [0.25, 0.3) is 21.7 Å². The molecule has 0 radical (unpaired) electrons. The zero-order chi connectivity index (χ0) is 18.8. The Morgan fingerprint density at radius 3 is 2.70 bits per heavy atom. The first kappa shape index (κ1) is 16.9. The number of nitrogens with one attached hydrogen (secondary N) is 1. The maximum atomic E-state index is 12.4. The molecule has 4 aromatic rings. The van der Waals surface area contributed by atoms with Crippen LogP contribution in [0.4, 0.5) is 0 Å². The lowest BCUT2D eigenvalue weighted by Gasteiger charge is -2.04. The topological polar surface area (TPSA) is 81.7 Å². The molecule has 6 nitrogen and oxygen atoms in total. The standard InChI is InChI=1S/C21H17NO5/c1-13-16-9-8-14-5-2-3-7-17(14)20(16)27-19(13)21(24)26-12-18(23)22-11-15-6-4-10-25-15/h2-10H,11-12H2,1H3,(H,22,23). The van der Waals surface area contributed by atoms with Gasteiger partial charge in [0, 0.05) is 16.3 Å². The summed E-state index contributed by atoms with van der Waals surface area (Å²) >= 11 is 0. The minimum Gasteiger partial charge on any atom is -0.467 e. The van der Waals surface area contributed by atoms with Gasteiger partial charge in [-0.1, -0.05) is 36.4 Å². The van der Waals surface area contributed by atoms with Crippen LogP contribution < -0.4 is 5.32 Å². The van der Waals surface area contributed by atoms with Crippen molar-refractivity contribution in [3.05, 3.63) is 71.9 Å². The molecule has 0 spiro atoms. The van der Waals surface area contributed by atoms with Gasteiger partial charge >= 0.3 is 5.97 Å². The van der Waals surface area contributed by atoms with Crippen molar-refractivity contribution in [1.29, 1.82) is 0 Å². The molecule has 4 rings (SSSR count). The monoisotopic (exact) mass is 363 g/mol. The lowest BCUT2D eigenvalue weighted by molar-refractivity contribution is -0.124. The number of fused-ring (bicyclic) bond motifs is 3. The van der Waals surface area contributed by atoms with Gasteiger partial charge in [0.15, 0.2) is 6.61 Å². The van der Waals surface area contributed by atoms with Crippen molar-refractivity contribution in [1.82, 2.24) is 5.32 Å². The van der Waals surface area contributed by atoms with Gasteiger partial charge in [-0.05, 0) is 24.4 Å². The number of hydrogen-bond acceptors (Lipinski definition) is 5. The fourth-order valence-corrected chi connectivity index (χ4v) is 2.99. The van der Waals surface area contributed by atoms with Crippen LogP contribution in [0, 0.1) is 6.92 Å². The average molecular weight is 363 g/mol. The Kier molecular flexibility index (Phi) is 4.38. The van der Waals surface area contributed by atoms with Crippen LogP contribution in [0.1, 0.15) is 21.9 Å². The van der Waals surface area contributed by atoms with Crippen molar-refractivity contribution in [3.63, 3.8) is 0 Å². The van der Waals surface area contributed by atoms with Crippen LogP contribution in [-0.2, 0) is 16.1 Å². The molecule has 0 fully saturated rings. The summed E-state index contributed by atoms with van der Waals surface area (Å²) in [4.78, 5) is 24.2. The molecule has 0 unspecified atom stereocenters. The third kappa shape index (κ3) is 3.29. The Morgan fingerprint density at radius 1 is 1.04 bits per heavy atom. The van der Waals surface area contributed by atoms with Crippen LogP contribution >= 0.6 is 0 Å². The highest BCUT2D eigenvalue weighted by molar-refractivity contribution is 6.08. The quantitative estimate of drug-likeness (QED) is 0.543. The summed E-state index contributed by atoms with van der Waals surface area (Å²) in [6.07, 6.45) is 1.52. The molecule has 0 saturated heterocycles. The highest BCUT2D eigenvalue weighted by Crippen LogP contribution is 2.31. The Bertz CT molecular complexity index is 1120. The summed E-state index contributed by atoms with van der Waals surface area (Å²) < 4.78 is 16.0. The zero-order valence-corrected chi connectivity index (χ0v) is 14.7. The van der Waals surface area contributed by atoms with E-state index in [-0.39, 0.29) is 12.3 Å². The van der Waals surface area contributed by atoms with Crippen molar-refractivity contribution in [2.75, 3.05) is 6.61 Å². The normalized spacial score (nSPS) is 11.0. The van der Waals surface area contributed by atoms with Crippen molar-refractivity contribution in [2.24, 2.45) is 0 Å². The molecule has 0 aliphatic rings. The zero-order valence-electron chi connectivity index (χ0n) is 14.7. The summed E-state index contributed by atoms with van der Waals surface area (Å²) in [5.41, 5.74) is 1.33. The highest BCUT2D eigenvalue weighted by Gasteiger charge is 2.21. The summed E-state index contributed by atoms with van der Waals surface area (Å²) in [7, 11) is 0. The van der Waals surface area contributed by atoms with Crippen LogP contribution in [0.2, 0.25) is 0 Å². The summed E-state index contributed by atoms with van der Waals surface area (Å²) in [6, 6.07) is 15.2. The molecule has 0 aliphatic carbocycles. The van der Waals surface area contributed by atoms with Crippen molar-refractivity contribution < 1.29 is 23.2 Å². The molecule has 2 heterocycles. The molecule has 2 aromatic heterocycles. The van der Waals surface area contributed by atoms with E-state index >= 15 is 0 Å². The summed E-state index contributed by atoms with van der Waals surface area (Å²) in [6.45, 7) is 1.64. The van der Waals surface area contributed by atoms with Crippen LogP contribution in [0.15, 0.2) is 63.6 Å². The first-order valence-electron chi connectivity index (χ1n) is 8.50. The van der Waals surface area contributed by atoms with E-state index in [2.05, 4.69) is 5.32 Å². The molecule has 6 heteroatoms. The summed E-state index contributed by atoms with van der Waals surface area (Å²) in [5.74, 6) is -0.352. The number of ether oxygens (including phenoxy) is 1. The lowest BCUT2D eigenvalue weighted by Crippen LogP contribution is -2.28. The Hall–Kier alpha value is -3.54. The number of carbonyl (C=O) groups is 2. The number of furan rings is 2. The number of carbonyl (C=O) groups excluding carboxylic acids is 2. The van der Waals surface area contributed by atoms with Gasteiger partial charge in [0.25, 0.3) is 5.91 Å². The second-order valence-corrected chi connectivity index (χ2v) is 6.15. The van der Waals surface area contributed by atoms with Crippen LogP contribution in [-0.4, -0.2) is 18.5 Å². The number of benzene rings is 2. The van der Waals surface area contributed by atoms with Gasteiger partial charge in [-0.2, -0.15) is 0 Å². The van der Waals surface area contributed by atoms with E-state index in [1.165, 1.54) is 6.26 Å². The van der Waals surface area contributed by atoms with E-state index in [4.69, 9.17) is 13.6 Å². The molecule has 0 bridgehead atoms. The Balaban J connectivity index is 1.48. The minimum atomic E-state index is -0.666. The van der Waals surface area contributed by atoms with E-state index in [0.717, 1.165) is 16.2 Å². The molecule has 0 atom stereocenters. The number of hydrogen-bond donors (Lipinski definition) is 1. The van der Waals surface area contributed by atoms with Gasteiger partial charge in [0.1, 0.15) is 11.3 Å². The largest absolute Gasteiger partial charge is 0.467 e. The molecular weight excluding hydrogens is 346 g/mol. The number of aryl methyl sites for hydroxylation is 1. The lowest BCUT2D eigenvalue weighted by atomic mass is 10.1. The fourth-order valence-electron chi connectivity index (χ4n) is 2.99. The predicted octanol–water partition coefficient (Wildman–Crippen LogP) is 3.96. The predicted molar refractivity (Wildman–Crippen MR) is 99.3 cm³/mol. The average Bonchev–Trinajstić information content (AvgIpc) is 3.32. The van der Waals surface area contributed by atoms with Gasteiger partial charge in [-0.25, -0.2) is 4.79 Å². The molecule has 1 N–H and O–H groups in total. The van der Waals surface area contributed by atoms with Crippen LogP contribution in [0.5, 0.6) is 0 Å². The molecule has 1 amide bonds. The maximum Gasteiger partial charge on any atom is 0.375 e. The highest BCUT2D eigenvalue weighted by atomic mass is 16.5. The number of esters is 1. The molecule has 0 saturated carbocycles. The van der Waals surface area contributed by atoms with E-state index in [0.29, 0.717) is 16.9 Å². The summed E-state index contributed by atoms with van der Waals surface area (Å²) in [5, 5.41) is 5.42. The Morgan fingerprint density at radius 2 is 1.89 bits per heavy atom. The first-order valence-corrected chi connectivity index (χ1v) is 8.50. The second-order valence-electron chi connectivity index (χ2n) is 6.15. The minimum absolute atomic E-state index is 0.111. The van der Waals surface area contributed by atoms with Gasteiger partial charge in [-0.15, -0.1) is 0 Å². The van der Waals surface area contributed by atoms with Gasteiger partial charge in [0.2, 0.25) is 5.76 Å².